The molecule has 0 radical (unpaired) electrons. The molecule has 0 aromatic rings. The molecule has 0 aromatic heterocycles. The fraction of sp³-hybridized carbons (Fsp3) is 0.750. The lowest BCUT2D eigenvalue weighted by Crippen LogP contribution is -2.32. The Morgan fingerprint density at radius 1 is 1.41 bits per heavy atom. The summed E-state index contributed by atoms with van der Waals surface area (Å²) in [6, 6.07) is 0. The zero-order chi connectivity index (χ0) is 13.4. The Labute approximate surface area is 104 Å². The van der Waals surface area contributed by atoms with Crippen LogP contribution in [0.2, 0.25) is 0 Å². The van der Waals surface area contributed by atoms with Crippen molar-refractivity contribution >= 4 is 5.78 Å². The molecule has 0 spiro atoms. The minimum absolute atomic E-state index is 0.0958. The maximum atomic E-state index is 11.6. The molecule has 0 aliphatic rings. The van der Waals surface area contributed by atoms with E-state index in [1.54, 1.807) is 0 Å². The molecule has 0 fully saturated rings. The van der Waals surface area contributed by atoms with Gasteiger partial charge in [0, 0.05) is 34.1 Å². The molecule has 100 valence electrons. The fourth-order valence-electron chi connectivity index (χ4n) is 1.38. The number of carbonyl (C=O) groups is 1. The largest absolute Gasteiger partial charge is 0.482 e. The molecule has 1 unspecified atom stereocenters. The molecule has 0 amide bonds. The van der Waals surface area contributed by atoms with E-state index in [1.807, 2.05) is 32.8 Å². The molecule has 1 atom stereocenters. The van der Waals surface area contributed by atoms with Gasteiger partial charge in [-0.1, -0.05) is 6.92 Å². The Balaban J connectivity index is 5.13. The van der Waals surface area contributed by atoms with Gasteiger partial charge in [-0.15, -0.1) is 0 Å². The summed E-state index contributed by atoms with van der Waals surface area (Å²) >= 11 is 0. The number of Topliss-reactive ketones (excluding diaryl/α,β-unsaturated/α-hetero) is 1. The van der Waals surface area contributed by atoms with Crippen molar-refractivity contribution in [2.75, 3.05) is 27.2 Å². The molecule has 0 saturated heterocycles. The van der Waals surface area contributed by atoms with Gasteiger partial charge in [-0.25, -0.2) is 0 Å². The van der Waals surface area contributed by atoms with Crippen LogP contribution in [0.15, 0.2) is 11.6 Å². The molecule has 0 aromatic carbocycles. The number of ketones is 1. The molecule has 0 aliphatic heterocycles. The summed E-state index contributed by atoms with van der Waals surface area (Å²) in [6.45, 7) is 6.59. The summed E-state index contributed by atoms with van der Waals surface area (Å²) in [4.78, 5) is 13.5. The molecule has 0 aliphatic carbocycles. The lowest BCUT2D eigenvalue weighted by molar-refractivity contribution is -0.118. The highest BCUT2D eigenvalue weighted by Gasteiger charge is 2.18. The highest BCUT2D eigenvalue weighted by molar-refractivity contribution is 5.91. The van der Waals surface area contributed by atoms with Crippen LogP contribution in [0.4, 0.5) is 0 Å². The summed E-state index contributed by atoms with van der Waals surface area (Å²) in [7, 11) is 3.74. The van der Waals surface area contributed by atoms with Crippen LogP contribution in [-0.2, 0) is 9.53 Å². The molecule has 0 rings (SSSR count). The minimum atomic E-state index is -0.123. The van der Waals surface area contributed by atoms with Crippen LogP contribution in [0.1, 0.15) is 27.2 Å². The first-order valence-electron chi connectivity index (χ1n) is 6.00. The molecule has 3 N–H and O–H groups in total. The average Bonchev–Trinajstić information content (AvgIpc) is 2.27. The zero-order valence-electron chi connectivity index (χ0n) is 11.5. The van der Waals surface area contributed by atoms with Crippen molar-refractivity contribution < 1.29 is 9.53 Å². The summed E-state index contributed by atoms with van der Waals surface area (Å²) in [6.07, 6.45) is 0.655. The predicted molar refractivity (Wildman–Crippen MR) is 69.3 cm³/mol. The fourth-order valence-corrected chi connectivity index (χ4v) is 1.38. The maximum absolute atomic E-state index is 11.6. The van der Waals surface area contributed by atoms with Crippen LogP contribution in [-0.4, -0.2) is 44.0 Å². The third-order valence-electron chi connectivity index (χ3n) is 2.33. The van der Waals surface area contributed by atoms with Gasteiger partial charge < -0.3 is 20.7 Å². The summed E-state index contributed by atoms with van der Waals surface area (Å²) < 4.78 is 5.69. The van der Waals surface area contributed by atoms with Gasteiger partial charge in [-0.2, -0.15) is 0 Å². The second-order valence-electron chi connectivity index (χ2n) is 4.04. The summed E-state index contributed by atoms with van der Waals surface area (Å²) in [5.41, 5.74) is 5.59. The lowest BCUT2D eigenvalue weighted by atomic mass is 10.2. The molecule has 5 heteroatoms. The number of allylic oxidation sites excluding steroid dienone is 1. The second-order valence-corrected chi connectivity index (χ2v) is 4.04. The van der Waals surface area contributed by atoms with Gasteiger partial charge in [0.2, 0.25) is 5.76 Å². The van der Waals surface area contributed by atoms with E-state index in [4.69, 9.17) is 10.5 Å². The molecular weight excluding hydrogens is 218 g/mol. The third-order valence-corrected chi connectivity index (χ3v) is 2.33. The minimum Gasteiger partial charge on any atom is -0.482 e. The van der Waals surface area contributed by atoms with Crippen molar-refractivity contribution in [2.45, 2.75) is 33.3 Å². The van der Waals surface area contributed by atoms with Gasteiger partial charge in [0.1, 0.15) is 11.9 Å². The number of hydrogen-bond acceptors (Lipinski definition) is 5. The van der Waals surface area contributed by atoms with Crippen molar-refractivity contribution in [2.24, 2.45) is 5.73 Å². The van der Waals surface area contributed by atoms with Gasteiger partial charge in [0.15, 0.2) is 5.78 Å². The van der Waals surface area contributed by atoms with Crippen molar-refractivity contribution in [3.05, 3.63) is 11.6 Å². The highest BCUT2D eigenvalue weighted by Crippen LogP contribution is 2.12. The van der Waals surface area contributed by atoms with E-state index in [0.29, 0.717) is 18.1 Å². The maximum Gasteiger partial charge on any atom is 0.202 e. The summed E-state index contributed by atoms with van der Waals surface area (Å²) in [5, 5.41) is 3.14. The van der Waals surface area contributed by atoms with Crippen molar-refractivity contribution in [1.29, 1.82) is 0 Å². The third kappa shape index (κ3) is 5.08. The number of hydrogen-bond donors (Lipinski definition) is 2. The first-order chi connectivity index (χ1) is 7.97. The molecular formula is C12H25N3O2. The first kappa shape index (κ1) is 15.8. The van der Waals surface area contributed by atoms with Crippen molar-refractivity contribution in [3.63, 3.8) is 0 Å². The van der Waals surface area contributed by atoms with Gasteiger partial charge in [-0.05, 0) is 13.3 Å². The Kier molecular flexibility index (Phi) is 7.37. The van der Waals surface area contributed by atoms with Crippen LogP contribution in [0.5, 0.6) is 0 Å². The Hall–Kier alpha value is -1.23. The van der Waals surface area contributed by atoms with E-state index >= 15 is 0 Å². The number of rotatable bonds is 8. The number of carbonyl (C=O) groups excluding carboxylic acids is 1. The number of nitrogens with two attached hydrogens (primary N) is 1. The van der Waals surface area contributed by atoms with Crippen LogP contribution in [0, 0.1) is 0 Å². The predicted octanol–water partition coefficient (Wildman–Crippen LogP) is 0.670. The van der Waals surface area contributed by atoms with Crippen molar-refractivity contribution in [3.8, 4) is 0 Å². The molecule has 17 heavy (non-hydrogen) atoms. The van der Waals surface area contributed by atoms with E-state index in [1.165, 1.54) is 6.92 Å². The van der Waals surface area contributed by atoms with Gasteiger partial charge in [0.25, 0.3) is 0 Å². The van der Waals surface area contributed by atoms with Crippen LogP contribution in [0.25, 0.3) is 0 Å². The summed E-state index contributed by atoms with van der Waals surface area (Å²) in [5.74, 6) is 0.961. The molecule has 0 heterocycles. The number of nitrogens with zero attached hydrogens (tertiary/aromatic N) is 1. The Morgan fingerprint density at radius 2 is 2.00 bits per heavy atom. The zero-order valence-corrected chi connectivity index (χ0v) is 11.5. The standard InChI is InChI=1S/C12H25N3O2/c1-6-10(8-13)17-11(9(3)16)12(14-7-2)15(4)5/h10,14H,6-8,13H2,1-5H3/b12-11+. The van der Waals surface area contributed by atoms with Gasteiger partial charge in [-0.3, -0.25) is 4.79 Å². The molecule has 0 bridgehead atoms. The van der Waals surface area contributed by atoms with Crippen LogP contribution >= 0.6 is 0 Å². The van der Waals surface area contributed by atoms with Crippen molar-refractivity contribution in [1.82, 2.24) is 10.2 Å². The number of nitrogens with one attached hydrogen (secondary N) is 1. The highest BCUT2D eigenvalue weighted by atomic mass is 16.5. The van der Waals surface area contributed by atoms with Crippen LogP contribution in [0.3, 0.4) is 0 Å². The monoisotopic (exact) mass is 243 g/mol. The Morgan fingerprint density at radius 3 is 2.29 bits per heavy atom. The van der Waals surface area contributed by atoms with Gasteiger partial charge >= 0.3 is 0 Å². The molecule has 0 saturated carbocycles. The van der Waals surface area contributed by atoms with E-state index in [2.05, 4.69) is 5.32 Å². The molecule has 5 nitrogen and oxygen atoms in total. The van der Waals surface area contributed by atoms with E-state index in [9.17, 15) is 4.79 Å². The Bertz CT molecular complexity index is 271. The van der Waals surface area contributed by atoms with E-state index < -0.39 is 0 Å². The lowest BCUT2D eigenvalue weighted by Gasteiger charge is -2.24. The normalized spacial score (nSPS) is 13.8. The second kappa shape index (κ2) is 7.95. The van der Waals surface area contributed by atoms with Crippen LogP contribution < -0.4 is 11.1 Å². The van der Waals surface area contributed by atoms with E-state index in [0.717, 1.165) is 13.0 Å². The van der Waals surface area contributed by atoms with Gasteiger partial charge in [0.05, 0.1) is 0 Å². The quantitative estimate of drug-likeness (QED) is 0.484. The topological polar surface area (TPSA) is 67.6 Å². The number of ether oxygens (including phenoxy) is 1. The first-order valence-corrected chi connectivity index (χ1v) is 6.00. The average molecular weight is 243 g/mol. The van der Waals surface area contributed by atoms with E-state index in [-0.39, 0.29) is 11.9 Å². The SMILES string of the molecule is CCN/C(=C(\OC(CC)CN)C(C)=O)N(C)C. The smallest absolute Gasteiger partial charge is 0.202 e.